The van der Waals surface area contributed by atoms with Crippen LogP contribution < -0.4 is 0 Å². The second-order valence-corrected chi connectivity index (χ2v) is 5.97. The second-order valence-electron chi connectivity index (χ2n) is 5.62. The van der Waals surface area contributed by atoms with Crippen LogP contribution in [0.3, 0.4) is 0 Å². The molecule has 2 aromatic rings. The maximum atomic E-state index is 13.3. The standard InChI is InChI=1S/C16H14ClF3N2O/c17-14(23)12-9-22(15(21-12)10-5-1-2-6-10)13-8-4-3-7-11(13)16(18,19)20/h3-4,7-10H,1-2,5-6H2. The summed E-state index contributed by atoms with van der Waals surface area (Å²) in [4.78, 5) is 15.6. The highest BCUT2D eigenvalue weighted by molar-refractivity contribution is 6.67. The summed E-state index contributed by atoms with van der Waals surface area (Å²) in [6, 6.07) is 5.28. The van der Waals surface area contributed by atoms with E-state index in [-0.39, 0.29) is 17.3 Å². The Bertz CT molecular complexity index is 733. The van der Waals surface area contributed by atoms with Gasteiger partial charge in [0.1, 0.15) is 11.5 Å². The van der Waals surface area contributed by atoms with Gasteiger partial charge < -0.3 is 4.57 Å². The van der Waals surface area contributed by atoms with Crippen molar-refractivity contribution in [1.82, 2.24) is 9.55 Å². The summed E-state index contributed by atoms with van der Waals surface area (Å²) in [7, 11) is 0. The van der Waals surface area contributed by atoms with E-state index < -0.39 is 17.0 Å². The molecule has 1 heterocycles. The first-order valence-electron chi connectivity index (χ1n) is 7.33. The van der Waals surface area contributed by atoms with Crippen molar-refractivity contribution in [2.45, 2.75) is 37.8 Å². The molecule has 0 bridgehead atoms. The van der Waals surface area contributed by atoms with E-state index in [9.17, 15) is 18.0 Å². The van der Waals surface area contributed by atoms with Crippen LogP contribution in [0.15, 0.2) is 30.5 Å². The molecule has 23 heavy (non-hydrogen) atoms. The van der Waals surface area contributed by atoms with Gasteiger partial charge in [-0.25, -0.2) is 4.98 Å². The van der Waals surface area contributed by atoms with Crippen LogP contribution >= 0.6 is 11.6 Å². The number of rotatable bonds is 3. The molecule has 0 spiro atoms. The number of para-hydroxylation sites is 1. The average molecular weight is 343 g/mol. The molecular weight excluding hydrogens is 329 g/mol. The van der Waals surface area contributed by atoms with E-state index in [1.807, 2.05) is 0 Å². The minimum Gasteiger partial charge on any atom is -0.302 e. The molecule has 3 rings (SSSR count). The molecule has 1 fully saturated rings. The minimum atomic E-state index is -4.49. The van der Waals surface area contributed by atoms with E-state index in [0.29, 0.717) is 5.82 Å². The molecule has 1 aromatic carbocycles. The molecule has 1 aromatic heterocycles. The first kappa shape index (κ1) is 16.1. The molecule has 0 unspecified atom stereocenters. The van der Waals surface area contributed by atoms with Gasteiger partial charge in [0.05, 0.1) is 11.3 Å². The van der Waals surface area contributed by atoms with Gasteiger partial charge in [0.25, 0.3) is 5.24 Å². The van der Waals surface area contributed by atoms with Gasteiger partial charge in [-0.1, -0.05) is 25.0 Å². The highest BCUT2D eigenvalue weighted by Gasteiger charge is 2.35. The smallest absolute Gasteiger partial charge is 0.302 e. The zero-order chi connectivity index (χ0) is 16.6. The highest BCUT2D eigenvalue weighted by Crippen LogP contribution is 2.38. The van der Waals surface area contributed by atoms with Crippen molar-refractivity contribution in [3.05, 3.63) is 47.5 Å². The lowest BCUT2D eigenvalue weighted by Crippen LogP contribution is -2.13. The first-order valence-corrected chi connectivity index (χ1v) is 7.71. The van der Waals surface area contributed by atoms with Crippen LogP contribution in [-0.4, -0.2) is 14.8 Å². The Morgan fingerprint density at radius 3 is 2.48 bits per heavy atom. The molecule has 0 aliphatic heterocycles. The van der Waals surface area contributed by atoms with Crippen LogP contribution in [-0.2, 0) is 6.18 Å². The van der Waals surface area contributed by atoms with Crippen molar-refractivity contribution in [3.8, 4) is 5.69 Å². The summed E-state index contributed by atoms with van der Waals surface area (Å²) >= 11 is 5.48. The van der Waals surface area contributed by atoms with E-state index in [4.69, 9.17) is 11.6 Å². The van der Waals surface area contributed by atoms with Crippen LogP contribution in [0.4, 0.5) is 13.2 Å². The number of imidazole rings is 1. The molecule has 1 saturated carbocycles. The summed E-state index contributed by atoms with van der Waals surface area (Å²) in [5.41, 5.74) is -0.811. The molecule has 0 atom stereocenters. The van der Waals surface area contributed by atoms with Gasteiger partial charge in [0.15, 0.2) is 0 Å². The van der Waals surface area contributed by atoms with Crippen molar-refractivity contribution >= 4 is 16.8 Å². The van der Waals surface area contributed by atoms with Crippen LogP contribution in [0.2, 0.25) is 0 Å². The van der Waals surface area contributed by atoms with E-state index in [1.54, 1.807) is 0 Å². The van der Waals surface area contributed by atoms with Crippen molar-refractivity contribution in [1.29, 1.82) is 0 Å². The Kier molecular flexibility index (Phi) is 4.19. The third-order valence-corrected chi connectivity index (χ3v) is 4.32. The van der Waals surface area contributed by atoms with Gasteiger partial charge in [-0.15, -0.1) is 0 Å². The largest absolute Gasteiger partial charge is 0.418 e. The van der Waals surface area contributed by atoms with Gasteiger partial charge in [-0.05, 0) is 36.6 Å². The number of benzene rings is 1. The predicted molar refractivity (Wildman–Crippen MR) is 80.0 cm³/mol. The second kappa shape index (κ2) is 6.00. The summed E-state index contributed by atoms with van der Waals surface area (Å²) in [6.45, 7) is 0. The Balaban J connectivity index is 2.18. The van der Waals surface area contributed by atoms with Crippen molar-refractivity contribution in [2.75, 3.05) is 0 Å². The summed E-state index contributed by atoms with van der Waals surface area (Å²) in [6.07, 6.45) is 0.514. The number of carbonyl (C=O) groups is 1. The molecule has 122 valence electrons. The molecular formula is C16H14ClF3N2O. The van der Waals surface area contributed by atoms with E-state index in [1.165, 1.54) is 29.0 Å². The monoisotopic (exact) mass is 342 g/mol. The number of halogens is 4. The van der Waals surface area contributed by atoms with Gasteiger partial charge in [0, 0.05) is 12.1 Å². The summed E-state index contributed by atoms with van der Waals surface area (Å²) in [5.74, 6) is 0.518. The van der Waals surface area contributed by atoms with E-state index >= 15 is 0 Å². The highest BCUT2D eigenvalue weighted by atomic mass is 35.5. The van der Waals surface area contributed by atoms with Gasteiger partial charge in [-0.2, -0.15) is 13.2 Å². The Hall–Kier alpha value is -1.82. The molecule has 0 amide bonds. The maximum absolute atomic E-state index is 13.3. The number of carbonyl (C=O) groups excluding carboxylic acids is 1. The maximum Gasteiger partial charge on any atom is 0.418 e. The SMILES string of the molecule is O=C(Cl)c1cn(-c2ccccc2C(F)(F)F)c(C2CCCC2)n1. The third kappa shape index (κ3) is 3.13. The van der Waals surface area contributed by atoms with Crippen molar-refractivity contribution < 1.29 is 18.0 Å². The van der Waals surface area contributed by atoms with Crippen LogP contribution in [0, 0.1) is 0 Å². The van der Waals surface area contributed by atoms with Gasteiger partial charge >= 0.3 is 6.18 Å². The van der Waals surface area contributed by atoms with Gasteiger partial charge in [-0.3, -0.25) is 4.79 Å². The third-order valence-electron chi connectivity index (χ3n) is 4.12. The number of hydrogen-bond donors (Lipinski definition) is 0. The van der Waals surface area contributed by atoms with Crippen LogP contribution in [0.5, 0.6) is 0 Å². The lowest BCUT2D eigenvalue weighted by molar-refractivity contribution is -0.137. The van der Waals surface area contributed by atoms with Crippen LogP contribution in [0.25, 0.3) is 5.69 Å². The number of alkyl halides is 3. The van der Waals surface area contributed by atoms with E-state index in [0.717, 1.165) is 31.7 Å². The molecule has 1 aliphatic rings. The fraction of sp³-hybridized carbons (Fsp3) is 0.375. The number of aromatic nitrogens is 2. The summed E-state index contributed by atoms with van der Waals surface area (Å²) < 4.78 is 41.2. The Labute approximate surface area is 136 Å². The van der Waals surface area contributed by atoms with Crippen LogP contribution in [0.1, 0.15) is 53.5 Å². The minimum absolute atomic E-state index is 0.0226. The molecule has 1 aliphatic carbocycles. The Morgan fingerprint density at radius 1 is 1.22 bits per heavy atom. The topological polar surface area (TPSA) is 34.9 Å². The van der Waals surface area contributed by atoms with E-state index in [2.05, 4.69) is 4.98 Å². The fourth-order valence-electron chi connectivity index (χ4n) is 3.08. The predicted octanol–water partition coefficient (Wildman–Crippen LogP) is 4.93. The fourth-order valence-corrected chi connectivity index (χ4v) is 3.17. The lowest BCUT2D eigenvalue weighted by Gasteiger charge is -2.17. The summed E-state index contributed by atoms with van der Waals surface area (Å²) in [5, 5.41) is -0.771. The molecule has 0 radical (unpaired) electrons. The first-order chi connectivity index (χ1) is 10.9. The molecule has 3 nitrogen and oxygen atoms in total. The zero-order valence-corrected chi connectivity index (χ0v) is 12.9. The molecule has 0 N–H and O–H groups in total. The van der Waals surface area contributed by atoms with Crippen molar-refractivity contribution in [2.24, 2.45) is 0 Å². The van der Waals surface area contributed by atoms with Crippen molar-refractivity contribution in [3.63, 3.8) is 0 Å². The molecule has 7 heteroatoms. The number of hydrogen-bond acceptors (Lipinski definition) is 2. The Morgan fingerprint density at radius 2 is 1.87 bits per heavy atom. The normalized spacial score (nSPS) is 16.0. The quantitative estimate of drug-likeness (QED) is 0.741. The lowest BCUT2D eigenvalue weighted by atomic mass is 10.1. The number of nitrogens with zero attached hydrogens (tertiary/aromatic N) is 2. The zero-order valence-electron chi connectivity index (χ0n) is 12.1. The molecule has 0 saturated heterocycles. The van der Waals surface area contributed by atoms with Gasteiger partial charge in [0.2, 0.25) is 0 Å². The average Bonchev–Trinajstić information content (AvgIpc) is 3.15.